The highest BCUT2D eigenvalue weighted by Crippen LogP contribution is 2.23. The van der Waals surface area contributed by atoms with Crippen LogP contribution in [-0.4, -0.2) is 37.7 Å². The second-order valence-corrected chi connectivity index (χ2v) is 6.19. The van der Waals surface area contributed by atoms with E-state index in [9.17, 15) is 9.59 Å². The Kier molecular flexibility index (Phi) is 3.72. The molecule has 0 fully saturated rings. The molecule has 126 valence electrons. The van der Waals surface area contributed by atoms with E-state index in [0.717, 1.165) is 22.8 Å². The van der Waals surface area contributed by atoms with Crippen molar-refractivity contribution in [1.82, 2.24) is 19.4 Å². The molecule has 0 bridgehead atoms. The number of aryl methyl sites for hydroxylation is 1. The van der Waals surface area contributed by atoms with Gasteiger partial charge in [-0.3, -0.25) is 9.59 Å². The quantitative estimate of drug-likeness (QED) is 0.589. The number of rotatable bonds is 3. The summed E-state index contributed by atoms with van der Waals surface area (Å²) >= 11 is 0. The molecule has 1 aromatic carbocycles. The minimum absolute atomic E-state index is 0.379. The normalized spacial score (nSPS) is 13.6. The van der Waals surface area contributed by atoms with Crippen molar-refractivity contribution in [2.24, 2.45) is 7.05 Å². The third kappa shape index (κ3) is 2.76. The standard InChI is InChI=1S/C19H18N4O2/c1-22-10-5-8-16(22)17(24)19(25)23-11-9-14-15(12-23)21-18(20-14)13-6-3-2-4-7-13/h2-8,10H,9,11-12H2,1H3,(H,20,21). The van der Waals surface area contributed by atoms with E-state index in [-0.39, 0.29) is 0 Å². The van der Waals surface area contributed by atoms with Gasteiger partial charge in [0.15, 0.2) is 0 Å². The zero-order chi connectivity index (χ0) is 17.4. The average Bonchev–Trinajstić information content (AvgIpc) is 3.26. The molecule has 0 unspecified atom stereocenters. The Labute approximate surface area is 145 Å². The van der Waals surface area contributed by atoms with Crippen molar-refractivity contribution in [3.05, 3.63) is 65.7 Å². The molecule has 0 aliphatic carbocycles. The van der Waals surface area contributed by atoms with E-state index in [4.69, 9.17) is 0 Å². The van der Waals surface area contributed by atoms with Gasteiger partial charge in [0, 0.05) is 31.8 Å². The number of aromatic amines is 1. The first-order valence-corrected chi connectivity index (χ1v) is 8.21. The zero-order valence-corrected chi connectivity index (χ0v) is 13.9. The van der Waals surface area contributed by atoms with Gasteiger partial charge in [0.2, 0.25) is 0 Å². The summed E-state index contributed by atoms with van der Waals surface area (Å²) < 4.78 is 1.67. The first-order valence-electron chi connectivity index (χ1n) is 8.21. The molecule has 0 saturated carbocycles. The number of carbonyl (C=O) groups is 2. The maximum Gasteiger partial charge on any atom is 0.296 e. The summed E-state index contributed by atoms with van der Waals surface area (Å²) in [6, 6.07) is 13.3. The third-order valence-corrected chi connectivity index (χ3v) is 4.54. The van der Waals surface area contributed by atoms with Crippen LogP contribution >= 0.6 is 0 Å². The second-order valence-electron chi connectivity index (χ2n) is 6.19. The lowest BCUT2D eigenvalue weighted by Crippen LogP contribution is -2.40. The van der Waals surface area contributed by atoms with Crippen LogP contribution in [0.2, 0.25) is 0 Å². The maximum atomic E-state index is 12.6. The molecular weight excluding hydrogens is 316 g/mol. The lowest BCUT2D eigenvalue weighted by atomic mass is 10.1. The van der Waals surface area contributed by atoms with E-state index in [0.29, 0.717) is 25.2 Å². The topological polar surface area (TPSA) is 71.0 Å². The van der Waals surface area contributed by atoms with E-state index >= 15 is 0 Å². The van der Waals surface area contributed by atoms with E-state index in [1.54, 1.807) is 34.8 Å². The van der Waals surface area contributed by atoms with Crippen LogP contribution in [0.5, 0.6) is 0 Å². The van der Waals surface area contributed by atoms with Gasteiger partial charge in [-0.25, -0.2) is 4.98 Å². The van der Waals surface area contributed by atoms with Crippen LogP contribution in [0.15, 0.2) is 48.7 Å². The van der Waals surface area contributed by atoms with Crippen LogP contribution in [0.3, 0.4) is 0 Å². The molecule has 25 heavy (non-hydrogen) atoms. The van der Waals surface area contributed by atoms with Crippen LogP contribution in [0.1, 0.15) is 21.9 Å². The Hall–Kier alpha value is -3.15. The van der Waals surface area contributed by atoms with Gasteiger partial charge in [-0.1, -0.05) is 30.3 Å². The number of imidazole rings is 1. The first-order chi connectivity index (χ1) is 12.1. The molecule has 4 rings (SSSR count). The smallest absolute Gasteiger partial charge is 0.296 e. The number of nitrogens with one attached hydrogen (secondary N) is 1. The SMILES string of the molecule is Cn1cccc1C(=O)C(=O)N1CCc2nc(-c3ccccc3)[nH]c2C1. The van der Waals surface area contributed by atoms with Gasteiger partial charge in [0.05, 0.1) is 23.6 Å². The summed E-state index contributed by atoms with van der Waals surface area (Å²) in [4.78, 5) is 34.5. The Morgan fingerprint density at radius 3 is 2.64 bits per heavy atom. The number of hydrogen-bond acceptors (Lipinski definition) is 3. The van der Waals surface area contributed by atoms with Gasteiger partial charge in [-0.15, -0.1) is 0 Å². The lowest BCUT2D eigenvalue weighted by Gasteiger charge is -2.25. The molecular formula is C19H18N4O2. The Morgan fingerprint density at radius 2 is 1.92 bits per heavy atom. The largest absolute Gasteiger partial charge is 0.348 e. The van der Waals surface area contributed by atoms with Crippen LogP contribution < -0.4 is 0 Å². The number of Topliss-reactive ketones (excluding diaryl/α,β-unsaturated/α-hetero) is 1. The number of amides is 1. The predicted molar refractivity (Wildman–Crippen MR) is 92.9 cm³/mol. The number of ketones is 1. The molecule has 0 radical (unpaired) electrons. The molecule has 1 aliphatic rings. The zero-order valence-electron chi connectivity index (χ0n) is 13.9. The fourth-order valence-electron chi connectivity index (χ4n) is 3.15. The lowest BCUT2D eigenvalue weighted by molar-refractivity contribution is -0.127. The van der Waals surface area contributed by atoms with Crippen molar-refractivity contribution in [1.29, 1.82) is 0 Å². The summed E-state index contributed by atoms with van der Waals surface area (Å²) in [6.07, 6.45) is 2.40. The molecule has 2 aromatic heterocycles. The van der Waals surface area contributed by atoms with Gasteiger partial charge in [0.25, 0.3) is 11.7 Å². The molecule has 6 heteroatoms. The number of carbonyl (C=O) groups excluding carboxylic acids is 2. The first kappa shape index (κ1) is 15.4. The van der Waals surface area contributed by atoms with Gasteiger partial charge in [-0.2, -0.15) is 0 Å². The number of H-pyrrole nitrogens is 1. The molecule has 1 amide bonds. The fourth-order valence-corrected chi connectivity index (χ4v) is 3.15. The average molecular weight is 334 g/mol. The molecule has 0 atom stereocenters. The summed E-state index contributed by atoms with van der Waals surface area (Å²) in [6.45, 7) is 0.880. The molecule has 0 saturated heterocycles. The molecule has 1 aliphatic heterocycles. The van der Waals surface area contributed by atoms with Crippen molar-refractivity contribution in [3.8, 4) is 11.4 Å². The Morgan fingerprint density at radius 1 is 1.12 bits per heavy atom. The Bertz CT molecular complexity index is 940. The molecule has 0 spiro atoms. The van der Waals surface area contributed by atoms with Gasteiger partial charge in [-0.05, 0) is 12.1 Å². The minimum Gasteiger partial charge on any atom is -0.348 e. The van der Waals surface area contributed by atoms with Crippen LogP contribution in [0, 0.1) is 0 Å². The highest BCUT2D eigenvalue weighted by atomic mass is 16.2. The van der Waals surface area contributed by atoms with Crippen molar-refractivity contribution < 1.29 is 9.59 Å². The third-order valence-electron chi connectivity index (χ3n) is 4.54. The van der Waals surface area contributed by atoms with Crippen molar-refractivity contribution in [3.63, 3.8) is 0 Å². The highest BCUT2D eigenvalue weighted by Gasteiger charge is 2.29. The summed E-state index contributed by atoms with van der Waals surface area (Å²) in [5, 5.41) is 0. The molecule has 3 aromatic rings. The molecule has 3 heterocycles. The van der Waals surface area contributed by atoms with Crippen molar-refractivity contribution >= 4 is 11.7 Å². The van der Waals surface area contributed by atoms with Crippen molar-refractivity contribution in [2.75, 3.05) is 6.54 Å². The highest BCUT2D eigenvalue weighted by molar-refractivity contribution is 6.42. The Balaban J connectivity index is 1.55. The van der Waals surface area contributed by atoms with Crippen LogP contribution in [0.25, 0.3) is 11.4 Å². The van der Waals surface area contributed by atoms with E-state index in [2.05, 4.69) is 9.97 Å². The number of hydrogen-bond donors (Lipinski definition) is 1. The number of aromatic nitrogens is 3. The number of nitrogens with zero attached hydrogens (tertiary/aromatic N) is 3. The summed E-state index contributed by atoms with van der Waals surface area (Å²) in [5.41, 5.74) is 3.28. The summed E-state index contributed by atoms with van der Waals surface area (Å²) in [7, 11) is 1.76. The van der Waals surface area contributed by atoms with Gasteiger partial charge < -0.3 is 14.5 Å². The van der Waals surface area contributed by atoms with Crippen molar-refractivity contribution in [2.45, 2.75) is 13.0 Å². The minimum atomic E-state index is -0.473. The van der Waals surface area contributed by atoms with E-state index < -0.39 is 11.7 Å². The second kappa shape index (κ2) is 6.05. The maximum absolute atomic E-state index is 12.6. The molecule has 1 N–H and O–H groups in total. The fraction of sp³-hybridized carbons (Fsp3) is 0.211. The van der Waals surface area contributed by atoms with Crippen LogP contribution in [0.4, 0.5) is 0 Å². The monoisotopic (exact) mass is 334 g/mol. The van der Waals surface area contributed by atoms with Crippen LogP contribution in [-0.2, 0) is 24.8 Å². The number of fused-ring (bicyclic) bond motifs is 1. The predicted octanol–water partition coefficient (Wildman–Crippen LogP) is 2.18. The summed E-state index contributed by atoms with van der Waals surface area (Å²) in [5.74, 6) is -0.143. The number of benzene rings is 1. The molecule has 6 nitrogen and oxygen atoms in total. The van der Waals surface area contributed by atoms with Gasteiger partial charge in [0.1, 0.15) is 5.82 Å². The van der Waals surface area contributed by atoms with E-state index in [1.807, 2.05) is 30.3 Å². The van der Waals surface area contributed by atoms with E-state index in [1.165, 1.54) is 0 Å². The van der Waals surface area contributed by atoms with Gasteiger partial charge >= 0.3 is 0 Å².